The molecule has 0 aromatic carbocycles. The van der Waals surface area contributed by atoms with E-state index in [-0.39, 0.29) is 30.2 Å². The van der Waals surface area contributed by atoms with E-state index in [0.29, 0.717) is 17.8 Å². The van der Waals surface area contributed by atoms with Crippen molar-refractivity contribution in [1.29, 1.82) is 0 Å². The number of rotatable bonds is 2. The third-order valence-electron chi connectivity index (χ3n) is 6.37. The Balaban J connectivity index is 1.54. The van der Waals surface area contributed by atoms with Crippen molar-refractivity contribution in [1.82, 2.24) is 10.4 Å². The zero-order valence-corrected chi connectivity index (χ0v) is 13.5. The molecule has 6 heteroatoms. The number of esters is 1. The summed E-state index contributed by atoms with van der Waals surface area (Å²) in [5.74, 6) is 0.796. The van der Waals surface area contributed by atoms with Gasteiger partial charge in [-0.3, -0.25) is 24.8 Å². The first kappa shape index (κ1) is 15.0. The van der Waals surface area contributed by atoms with Crippen LogP contribution in [0, 0.1) is 29.1 Å². The monoisotopic (exact) mass is 320 g/mol. The highest BCUT2D eigenvalue weighted by Crippen LogP contribution is 2.60. The number of nitrogens with one attached hydrogen (secondary N) is 1. The molecule has 4 saturated carbocycles. The summed E-state index contributed by atoms with van der Waals surface area (Å²) in [6.45, 7) is 0.235. The fourth-order valence-corrected chi connectivity index (χ4v) is 5.87. The van der Waals surface area contributed by atoms with Crippen LogP contribution in [0.4, 0.5) is 0 Å². The Hall–Kier alpha value is -1.59. The van der Waals surface area contributed by atoms with Crippen molar-refractivity contribution in [3.63, 3.8) is 0 Å². The lowest BCUT2D eigenvalue weighted by Gasteiger charge is -2.56. The normalized spacial score (nSPS) is 41.6. The molecule has 1 saturated heterocycles. The SMILES string of the molecule is COC(=O)C1CC(=O)NN(C(=O)C23CC4CC(CC(C4)C2)C3)C1. The van der Waals surface area contributed by atoms with E-state index in [0.717, 1.165) is 19.3 Å². The fraction of sp³-hybridized carbons (Fsp3) is 0.824. The molecule has 5 aliphatic rings. The van der Waals surface area contributed by atoms with E-state index in [4.69, 9.17) is 4.74 Å². The van der Waals surface area contributed by atoms with Crippen LogP contribution in [0.2, 0.25) is 0 Å². The van der Waals surface area contributed by atoms with Crippen LogP contribution in [0.3, 0.4) is 0 Å². The number of nitrogens with zero attached hydrogens (tertiary/aromatic N) is 1. The van der Waals surface area contributed by atoms with E-state index in [1.54, 1.807) is 0 Å². The molecule has 0 aromatic heterocycles. The van der Waals surface area contributed by atoms with Crippen molar-refractivity contribution < 1.29 is 19.1 Å². The third-order valence-corrected chi connectivity index (χ3v) is 6.37. The molecule has 1 atom stereocenters. The average Bonchev–Trinajstić information content (AvgIpc) is 2.51. The number of carbonyl (C=O) groups excluding carboxylic acids is 3. The van der Waals surface area contributed by atoms with Gasteiger partial charge in [-0.25, -0.2) is 0 Å². The first-order valence-electron chi connectivity index (χ1n) is 8.68. The van der Waals surface area contributed by atoms with Gasteiger partial charge in [0, 0.05) is 6.42 Å². The van der Waals surface area contributed by atoms with Gasteiger partial charge in [0.25, 0.3) is 0 Å². The lowest BCUT2D eigenvalue weighted by molar-refractivity contribution is -0.170. The summed E-state index contributed by atoms with van der Waals surface area (Å²) in [6, 6.07) is 0. The van der Waals surface area contributed by atoms with E-state index in [1.165, 1.54) is 31.4 Å². The molecule has 6 nitrogen and oxygen atoms in total. The molecule has 1 N–H and O–H groups in total. The first-order valence-corrected chi connectivity index (χ1v) is 8.68. The van der Waals surface area contributed by atoms with Gasteiger partial charge >= 0.3 is 5.97 Å². The summed E-state index contributed by atoms with van der Waals surface area (Å²) in [6.07, 6.45) is 6.75. The molecule has 0 radical (unpaired) electrons. The first-order chi connectivity index (χ1) is 11.0. The van der Waals surface area contributed by atoms with Crippen LogP contribution in [-0.2, 0) is 19.1 Å². The van der Waals surface area contributed by atoms with Crippen molar-refractivity contribution in [3.05, 3.63) is 0 Å². The standard InChI is InChI=1S/C17H24N2O4/c1-23-15(21)13-5-14(20)18-19(9-13)16(22)17-6-10-2-11(7-17)4-12(3-10)8-17/h10-13H,2-9H2,1H3,(H,18,20). The largest absolute Gasteiger partial charge is 0.469 e. The van der Waals surface area contributed by atoms with Gasteiger partial charge in [-0.05, 0) is 56.3 Å². The van der Waals surface area contributed by atoms with Crippen molar-refractivity contribution in [2.24, 2.45) is 29.1 Å². The Bertz CT molecular complexity index is 524. The van der Waals surface area contributed by atoms with Crippen LogP contribution in [0.25, 0.3) is 0 Å². The predicted octanol–water partition coefficient (Wildman–Crippen LogP) is 1.26. The minimum absolute atomic E-state index is 0.0264. The van der Waals surface area contributed by atoms with Crippen LogP contribution >= 0.6 is 0 Å². The molecule has 0 aromatic rings. The summed E-state index contributed by atoms with van der Waals surface area (Å²) in [7, 11) is 1.32. The molecular weight excluding hydrogens is 296 g/mol. The number of ether oxygens (including phenoxy) is 1. The molecule has 1 heterocycles. The summed E-state index contributed by atoms with van der Waals surface area (Å²) >= 11 is 0. The molecule has 0 spiro atoms. The highest BCUT2D eigenvalue weighted by atomic mass is 16.5. The van der Waals surface area contributed by atoms with Gasteiger partial charge in [0.05, 0.1) is 25.0 Å². The maximum absolute atomic E-state index is 13.2. The van der Waals surface area contributed by atoms with E-state index in [1.807, 2.05) is 0 Å². The van der Waals surface area contributed by atoms with Crippen molar-refractivity contribution in [2.75, 3.05) is 13.7 Å². The lowest BCUT2D eigenvalue weighted by atomic mass is 9.49. The highest BCUT2D eigenvalue weighted by Gasteiger charge is 2.56. The topological polar surface area (TPSA) is 75.7 Å². The number of carbonyl (C=O) groups is 3. The Morgan fingerprint density at radius 3 is 2.22 bits per heavy atom. The van der Waals surface area contributed by atoms with Crippen LogP contribution < -0.4 is 5.43 Å². The van der Waals surface area contributed by atoms with E-state index in [9.17, 15) is 14.4 Å². The van der Waals surface area contributed by atoms with Crippen LogP contribution in [0.5, 0.6) is 0 Å². The van der Waals surface area contributed by atoms with Gasteiger partial charge in [-0.2, -0.15) is 0 Å². The Kier molecular flexibility index (Phi) is 3.39. The third kappa shape index (κ3) is 2.42. The quantitative estimate of drug-likeness (QED) is 0.777. The molecule has 5 rings (SSSR count). The second kappa shape index (κ2) is 5.21. The number of hydrogen-bond donors (Lipinski definition) is 1. The second-order valence-electron chi connectivity index (χ2n) is 8.07. The molecule has 2 amide bonds. The molecule has 23 heavy (non-hydrogen) atoms. The minimum Gasteiger partial charge on any atom is -0.469 e. The van der Waals surface area contributed by atoms with Crippen LogP contribution in [-0.4, -0.2) is 36.4 Å². The lowest BCUT2D eigenvalue weighted by Crippen LogP contribution is -2.61. The zero-order chi connectivity index (χ0) is 16.2. The average molecular weight is 320 g/mol. The minimum atomic E-state index is -0.549. The van der Waals surface area contributed by atoms with Gasteiger partial charge in [-0.1, -0.05) is 0 Å². The van der Waals surface area contributed by atoms with E-state index < -0.39 is 11.9 Å². The highest BCUT2D eigenvalue weighted by molar-refractivity contribution is 5.90. The van der Waals surface area contributed by atoms with Gasteiger partial charge < -0.3 is 4.74 Å². The Morgan fingerprint density at radius 1 is 1.13 bits per heavy atom. The molecule has 1 aliphatic heterocycles. The maximum Gasteiger partial charge on any atom is 0.311 e. The summed E-state index contributed by atoms with van der Waals surface area (Å²) in [4.78, 5) is 36.9. The molecule has 126 valence electrons. The summed E-state index contributed by atoms with van der Waals surface area (Å²) in [5.41, 5.74) is 2.38. The van der Waals surface area contributed by atoms with Crippen molar-refractivity contribution in [2.45, 2.75) is 44.9 Å². The van der Waals surface area contributed by atoms with Crippen molar-refractivity contribution >= 4 is 17.8 Å². The maximum atomic E-state index is 13.2. The van der Waals surface area contributed by atoms with Gasteiger partial charge in [0.1, 0.15) is 0 Å². The Labute approximate surface area is 135 Å². The number of amides is 2. The zero-order valence-electron chi connectivity index (χ0n) is 13.5. The van der Waals surface area contributed by atoms with Gasteiger partial charge in [0.15, 0.2) is 0 Å². The summed E-state index contributed by atoms with van der Waals surface area (Å²) in [5, 5.41) is 1.42. The summed E-state index contributed by atoms with van der Waals surface area (Å²) < 4.78 is 4.76. The molecule has 4 bridgehead atoms. The predicted molar refractivity (Wildman–Crippen MR) is 80.6 cm³/mol. The number of hydrogen-bond acceptors (Lipinski definition) is 4. The van der Waals surface area contributed by atoms with Crippen molar-refractivity contribution in [3.8, 4) is 0 Å². The van der Waals surface area contributed by atoms with E-state index in [2.05, 4.69) is 5.43 Å². The number of methoxy groups -OCH3 is 1. The van der Waals surface area contributed by atoms with Gasteiger partial charge in [-0.15, -0.1) is 0 Å². The number of hydrazine groups is 1. The smallest absolute Gasteiger partial charge is 0.311 e. The molecule has 4 aliphatic carbocycles. The van der Waals surface area contributed by atoms with Crippen LogP contribution in [0.1, 0.15) is 44.9 Å². The second-order valence-corrected chi connectivity index (χ2v) is 8.07. The van der Waals surface area contributed by atoms with Gasteiger partial charge in [0.2, 0.25) is 11.8 Å². The fourth-order valence-electron chi connectivity index (χ4n) is 5.87. The molecule has 1 unspecified atom stereocenters. The van der Waals surface area contributed by atoms with Crippen LogP contribution in [0.15, 0.2) is 0 Å². The Morgan fingerprint density at radius 2 is 1.70 bits per heavy atom. The van der Waals surface area contributed by atoms with E-state index >= 15 is 0 Å². The molecule has 5 fully saturated rings. The molecular formula is C17H24N2O4.